The molecule has 0 fully saturated rings. The molecule has 0 aliphatic rings. The lowest BCUT2D eigenvalue weighted by Gasteiger charge is -2.02. The lowest BCUT2D eigenvalue weighted by molar-refractivity contribution is -0.384. The number of non-ortho nitro benzene ring substituents is 1. The van der Waals surface area contributed by atoms with Crippen molar-refractivity contribution in [3.63, 3.8) is 0 Å². The molecule has 1 amide bonds. The first-order chi connectivity index (χ1) is 12.5. The summed E-state index contributed by atoms with van der Waals surface area (Å²) >= 11 is 5.77. The van der Waals surface area contributed by atoms with E-state index in [9.17, 15) is 14.9 Å². The maximum absolute atomic E-state index is 12.0. The topological polar surface area (TPSA) is 120 Å². The summed E-state index contributed by atoms with van der Waals surface area (Å²) in [6.45, 7) is -0.0539. The lowest BCUT2D eigenvalue weighted by Crippen LogP contribution is -2.11. The predicted octanol–water partition coefficient (Wildman–Crippen LogP) is 3.46. The Morgan fingerprint density at radius 2 is 1.85 bits per heavy atom. The van der Waals surface area contributed by atoms with Crippen LogP contribution >= 0.6 is 11.6 Å². The Balaban J connectivity index is 1.56. The van der Waals surface area contributed by atoms with Crippen LogP contribution in [0, 0.1) is 10.1 Å². The van der Waals surface area contributed by atoms with Gasteiger partial charge in [-0.2, -0.15) is 0 Å². The number of halogens is 1. The number of hydrogen-bond donors (Lipinski definition) is 1. The van der Waals surface area contributed by atoms with Gasteiger partial charge in [-0.05, 0) is 36.4 Å². The normalized spacial score (nSPS) is 10.3. The highest BCUT2D eigenvalue weighted by Gasteiger charge is 2.12. The van der Waals surface area contributed by atoms with E-state index in [1.807, 2.05) is 0 Å². The first-order valence-corrected chi connectivity index (χ1v) is 7.65. The summed E-state index contributed by atoms with van der Waals surface area (Å²) in [6.07, 6.45) is 0. The minimum absolute atomic E-state index is 0.0395. The van der Waals surface area contributed by atoms with Gasteiger partial charge in [-0.25, -0.2) is 0 Å². The zero-order valence-corrected chi connectivity index (χ0v) is 13.8. The molecule has 3 aromatic rings. The van der Waals surface area contributed by atoms with Gasteiger partial charge in [0.25, 0.3) is 17.5 Å². The number of ether oxygens (including phenoxy) is 1. The number of nitro benzene ring substituents is 1. The minimum atomic E-state index is -0.503. The molecule has 0 aliphatic heterocycles. The van der Waals surface area contributed by atoms with Crippen molar-refractivity contribution in [1.29, 1.82) is 0 Å². The maximum Gasteiger partial charge on any atom is 0.322 e. The highest BCUT2D eigenvalue weighted by Crippen LogP contribution is 2.19. The molecule has 1 N–H and O–H groups in total. The first kappa shape index (κ1) is 17.4. The number of nitro groups is 1. The van der Waals surface area contributed by atoms with Crippen LogP contribution < -0.4 is 10.1 Å². The molecule has 0 saturated heterocycles. The SMILES string of the molecule is O=C(Nc1nnc(COc2ccc([N+](=O)[O-])cc2)o1)c1ccc(Cl)cc1. The molecule has 9 nitrogen and oxygen atoms in total. The molecule has 3 rings (SSSR count). The maximum atomic E-state index is 12.0. The summed E-state index contributed by atoms with van der Waals surface area (Å²) in [5.41, 5.74) is 0.346. The molecular weight excluding hydrogens is 364 g/mol. The fourth-order valence-electron chi connectivity index (χ4n) is 1.94. The van der Waals surface area contributed by atoms with E-state index in [0.717, 1.165) is 0 Å². The Bertz CT molecular complexity index is 925. The van der Waals surface area contributed by atoms with Crippen LogP contribution in [-0.2, 0) is 6.61 Å². The fourth-order valence-corrected chi connectivity index (χ4v) is 2.07. The van der Waals surface area contributed by atoms with Gasteiger partial charge >= 0.3 is 6.01 Å². The number of anilines is 1. The van der Waals surface area contributed by atoms with Crippen molar-refractivity contribution < 1.29 is 18.9 Å². The van der Waals surface area contributed by atoms with Gasteiger partial charge in [0, 0.05) is 22.7 Å². The molecule has 0 unspecified atom stereocenters. The number of carbonyl (C=O) groups excluding carboxylic acids is 1. The van der Waals surface area contributed by atoms with E-state index in [1.165, 1.54) is 24.3 Å². The molecule has 0 spiro atoms. The first-order valence-electron chi connectivity index (χ1n) is 7.28. The molecule has 0 saturated carbocycles. The van der Waals surface area contributed by atoms with Crippen molar-refractivity contribution in [1.82, 2.24) is 10.2 Å². The Morgan fingerprint density at radius 3 is 2.50 bits per heavy atom. The number of aromatic nitrogens is 2. The highest BCUT2D eigenvalue weighted by molar-refractivity contribution is 6.30. The monoisotopic (exact) mass is 374 g/mol. The molecule has 10 heteroatoms. The van der Waals surface area contributed by atoms with Crippen molar-refractivity contribution >= 4 is 29.2 Å². The Kier molecular flexibility index (Phi) is 5.09. The fraction of sp³-hybridized carbons (Fsp3) is 0.0625. The van der Waals surface area contributed by atoms with Crippen molar-refractivity contribution in [3.05, 3.63) is 75.1 Å². The summed E-state index contributed by atoms with van der Waals surface area (Å²) in [5.74, 6) is 0.114. The molecule has 1 aromatic heterocycles. The summed E-state index contributed by atoms with van der Waals surface area (Å²) in [6, 6.07) is 11.8. The predicted molar refractivity (Wildman–Crippen MR) is 91.1 cm³/mol. The minimum Gasteiger partial charge on any atom is -0.484 e. The number of rotatable bonds is 6. The third-order valence-electron chi connectivity index (χ3n) is 3.20. The van der Waals surface area contributed by atoms with Crippen LogP contribution in [0.4, 0.5) is 11.7 Å². The van der Waals surface area contributed by atoms with E-state index in [0.29, 0.717) is 16.3 Å². The molecule has 0 bridgehead atoms. The van der Waals surface area contributed by atoms with Gasteiger partial charge in [-0.1, -0.05) is 16.7 Å². The molecular formula is C16H11ClN4O5. The quantitative estimate of drug-likeness (QED) is 0.518. The van der Waals surface area contributed by atoms with E-state index < -0.39 is 10.8 Å². The number of hydrogen-bond acceptors (Lipinski definition) is 7. The van der Waals surface area contributed by atoms with Crippen molar-refractivity contribution in [3.8, 4) is 5.75 Å². The van der Waals surface area contributed by atoms with Crippen molar-refractivity contribution in [2.75, 3.05) is 5.32 Å². The van der Waals surface area contributed by atoms with Crippen LogP contribution in [0.3, 0.4) is 0 Å². The molecule has 0 atom stereocenters. The molecule has 0 radical (unpaired) electrons. The molecule has 132 valence electrons. The lowest BCUT2D eigenvalue weighted by atomic mass is 10.2. The zero-order valence-electron chi connectivity index (χ0n) is 13.1. The second-order valence-corrected chi connectivity index (χ2v) is 5.44. The van der Waals surface area contributed by atoms with Gasteiger partial charge in [0.15, 0.2) is 6.61 Å². The van der Waals surface area contributed by atoms with Gasteiger partial charge in [-0.15, -0.1) is 5.10 Å². The second kappa shape index (κ2) is 7.62. The molecule has 26 heavy (non-hydrogen) atoms. The van der Waals surface area contributed by atoms with E-state index >= 15 is 0 Å². The van der Waals surface area contributed by atoms with Gasteiger partial charge in [-0.3, -0.25) is 20.2 Å². The second-order valence-electron chi connectivity index (χ2n) is 5.00. The third kappa shape index (κ3) is 4.33. The van der Waals surface area contributed by atoms with E-state index in [4.69, 9.17) is 20.8 Å². The van der Waals surface area contributed by atoms with Crippen LogP contribution in [0.1, 0.15) is 16.2 Å². The highest BCUT2D eigenvalue weighted by atomic mass is 35.5. The molecule has 1 heterocycles. The van der Waals surface area contributed by atoms with Crippen molar-refractivity contribution in [2.24, 2.45) is 0 Å². The van der Waals surface area contributed by atoms with E-state index in [2.05, 4.69) is 15.5 Å². The van der Waals surface area contributed by atoms with Crippen LogP contribution in [0.2, 0.25) is 5.02 Å². The standard InChI is InChI=1S/C16H11ClN4O5/c17-11-3-1-10(2-4-11)15(22)18-16-20-19-14(26-16)9-25-13-7-5-12(6-8-13)21(23)24/h1-8H,9H2,(H,18,20,22). The Labute approximate surface area is 151 Å². The Hall–Kier alpha value is -3.46. The number of amides is 1. The summed E-state index contributed by atoms with van der Waals surface area (Å²) in [7, 11) is 0. The number of nitrogens with one attached hydrogen (secondary N) is 1. The number of nitrogens with zero attached hydrogens (tertiary/aromatic N) is 3. The third-order valence-corrected chi connectivity index (χ3v) is 3.46. The van der Waals surface area contributed by atoms with Crippen LogP contribution in [0.5, 0.6) is 5.75 Å². The average Bonchev–Trinajstić information content (AvgIpc) is 3.08. The van der Waals surface area contributed by atoms with Gasteiger partial charge in [0.1, 0.15) is 5.75 Å². The van der Waals surface area contributed by atoms with Crippen LogP contribution in [-0.4, -0.2) is 21.0 Å². The van der Waals surface area contributed by atoms with Crippen LogP contribution in [0.25, 0.3) is 0 Å². The summed E-state index contributed by atoms with van der Waals surface area (Å²) in [4.78, 5) is 22.1. The number of benzene rings is 2. The van der Waals surface area contributed by atoms with Gasteiger partial charge in [0.05, 0.1) is 4.92 Å². The summed E-state index contributed by atoms with van der Waals surface area (Å²) in [5, 5.41) is 21.0. The molecule has 0 aliphatic carbocycles. The van der Waals surface area contributed by atoms with E-state index in [-0.39, 0.29) is 24.2 Å². The van der Waals surface area contributed by atoms with Crippen LogP contribution in [0.15, 0.2) is 52.9 Å². The number of carbonyl (C=O) groups is 1. The summed E-state index contributed by atoms with van der Waals surface area (Å²) < 4.78 is 10.7. The van der Waals surface area contributed by atoms with Crippen molar-refractivity contribution in [2.45, 2.75) is 6.61 Å². The molecule has 2 aromatic carbocycles. The smallest absolute Gasteiger partial charge is 0.322 e. The van der Waals surface area contributed by atoms with Gasteiger partial charge < -0.3 is 9.15 Å². The average molecular weight is 375 g/mol. The zero-order chi connectivity index (χ0) is 18.5. The largest absolute Gasteiger partial charge is 0.484 e. The Morgan fingerprint density at radius 1 is 1.15 bits per heavy atom. The van der Waals surface area contributed by atoms with E-state index in [1.54, 1.807) is 24.3 Å². The van der Waals surface area contributed by atoms with Gasteiger partial charge in [0.2, 0.25) is 0 Å².